The van der Waals surface area contributed by atoms with Gasteiger partial charge in [-0.05, 0) is 43.7 Å². The summed E-state index contributed by atoms with van der Waals surface area (Å²) in [6.45, 7) is 2.91. The van der Waals surface area contributed by atoms with E-state index in [1.165, 1.54) is 44.6 Å². The fourth-order valence-electron chi connectivity index (χ4n) is 3.01. The number of rotatable bonds is 6. The third-order valence-electron chi connectivity index (χ3n) is 4.14. The minimum atomic E-state index is -0.966. The summed E-state index contributed by atoms with van der Waals surface area (Å²) in [4.78, 5) is 15.0. The Morgan fingerprint density at radius 2 is 2.10 bits per heavy atom. The average Bonchev–Trinajstić information content (AvgIpc) is 2.47. The van der Waals surface area contributed by atoms with Crippen LogP contribution >= 0.6 is 0 Å². The summed E-state index contributed by atoms with van der Waals surface area (Å²) in [6, 6.07) is 5.72. The minimum absolute atomic E-state index is 0.121. The molecule has 1 heterocycles. The van der Waals surface area contributed by atoms with E-state index in [2.05, 4.69) is 17.2 Å². The Hall–Kier alpha value is -1.42. The van der Waals surface area contributed by atoms with Crippen molar-refractivity contribution in [1.29, 1.82) is 0 Å². The monoisotopic (exact) mass is 276 g/mol. The van der Waals surface area contributed by atoms with Gasteiger partial charge < -0.3 is 10.4 Å². The molecule has 2 N–H and O–H groups in total. The number of nitrogens with zero attached hydrogens (tertiary/aromatic N) is 1. The first-order valence-electron chi connectivity index (χ1n) is 7.61. The standard InChI is InChI=1S/C16H24N2O2/c1-2-4-12-7-9-13(10-8-12)17-11-14-5-3-6-15(18-14)16(19)20/h3,5-6,12-13,17H,2,4,7-11H2,1H3,(H,19,20). The zero-order chi connectivity index (χ0) is 14.4. The van der Waals surface area contributed by atoms with Crippen LogP contribution in [0.2, 0.25) is 0 Å². The molecule has 0 atom stereocenters. The number of aromatic carboxylic acids is 1. The molecule has 110 valence electrons. The lowest BCUT2D eigenvalue weighted by atomic mass is 9.83. The molecule has 0 unspecified atom stereocenters. The van der Waals surface area contributed by atoms with Crippen molar-refractivity contribution in [2.45, 2.75) is 58.0 Å². The summed E-state index contributed by atoms with van der Waals surface area (Å²) in [5.74, 6) is -0.0570. The Kier molecular flexibility index (Phi) is 5.53. The Balaban J connectivity index is 1.78. The van der Waals surface area contributed by atoms with Crippen molar-refractivity contribution < 1.29 is 9.90 Å². The topological polar surface area (TPSA) is 62.2 Å². The van der Waals surface area contributed by atoms with Gasteiger partial charge in [0.15, 0.2) is 0 Å². The molecular formula is C16H24N2O2. The van der Waals surface area contributed by atoms with Gasteiger partial charge >= 0.3 is 5.97 Å². The lowest BCUT2D eigenvalue weighted by Gasteiger charge is -2.29. The normalized spacial score (nSPS) is 22.6. The van der Waals surface area contributed by atoms with Crippen molar-refractivity contribution in [3.8, 4) is 0 Å². The van der Waals surface area contributed by atoms with Gasteiger partial charge in [-0.25, -0.2) is 9.78 Å². The largest absolute Gasteiger partial charge is 0.477 e. The van der Waals surface area contributed by atoms with Crippen molar-refractivity contribution in [2.24, 2.45) is 5.92 Å². The van der Waals surface area contributed by atoms with Crippen LogP contribution in [-0.2, 0) is 6.54 Å². The smallest absolute Gasteiger partial charge is 0.354 e. The van der Waals surface area contributed by atoms with E-state index in [-0.39, 0.29) is 5.69 Å². The maximum atomic E-state index is 10.9. The lowest BCUT2D eigenvalue weighted by Crippen LogP contribution is -2.33. The summed E-state index contributed by atoms with van der Waals surface area (Å²) in [7, 11) is 0. The van der Waals surface area contributed by atoms with E-state index in [1.54, 1.807) is 6.07 Å². The molecule has 0 amide bonds. The molecular weight excluding hydrogens is 252 g/mol. The molecule has 1 aromatic heterocycles. The minimum Gasteiger partial charge on any atom is -0.477 e. The van der Waals surface area contributed by atoms with E-state index in [0.717, 1.165) is 11.6 Å². The first-order chi connectivity index (χ1) is 9.69. The molecule has 4 heteroatoms. The van der Waals surface area contributed by atoms with Crippen LogP contribution in [0.3, 0.4) is 0 Å². The van der Waals surface area contributed by atoms with E-state index in [4.69, 9.17) is 5.11 Å². The predicted octanol–water partition coefficient (Wildman–Crippen LogP) is 3.23. The summed E-state index contributed by atoms with van der Waals surface area (Å²) >= 11 is 0. The molecule has 0 saturated heterocycles. The maximum Gasteiger partial charge on any atom is 0.354 e. The number of nitrogens with one attached hydrogen (secondary N) is 1. The number of hydrogen-bond donors (Lipinski definition) is 2. The fourth-order valence-corrected chi connectivity index (χ4v) is 3.01. The highest BCUT2D eigenvalue weighted by Gasteiger charge is 2.20. The van der Waals surface area contributed by atoms with Gasteiger partial charge in [0.05, 0.1) is 5.69 Å². The molecule has 2 rings (SSSR count). The Morgan fingerprint density at radius 1 is 1.35 bits per heavy atom. The summed E-state index contributed by atoms with van der Waals surface area (Å²) in [6.07, 6.45) is 7.72. The van der Waals surface area contributed by atoms with Gasteiger partial charge in [0.1, 0.15) is 5.69 Å². The van der Waals surface area contributed by atoms with E-state index in [0.29, 0.717) is 12.6 Å². The van der Waals surface area contributed by atoms with Gasteiger partial charge in [0, 0.05) is 12.6 Å². The quantitative estimate of drug-likeness (QED) is 0.837. The highest BCUT2D eigenvalue weighted by Crippen LogP contribution is 2.27. The number of carboxylic acid groups (broad SMARTS) is 1. The Morgan fingerprint density at radius 3 is 2.75 bits per heavy atom. The third-order valence-corrected chi connectivity index (χ3v) is 4.14. The highest BCUT2D eigenvalue weighted by atomic mass is 16.4. The molecule has 0 aliphatic heterocycles. The molecule has 0 bridgehead atoms. The van der Waals surface area contributed by atoms with Crippen LogP contribution in [0.1, 0.15) is 61.6 Å². The molecule has 1 aliphatic rings. The van der Waals surface area contributed by atoms with Crippen LogP contribution < -0.4 is 5.32 Å². The molecule has 1 fully saturated rings. The molecule has 0 spiro atoms. The SMILES string of the molecule is CCCC1CCC(NCc2cccc(C(=O)O)n2)CC1. The number of pyridine rings is 1. The summed E-state index contributed by atoms with van der Waals surface area (Å²) < 4.78 is 0. The van der Waals surface area contributed by atoms with E-state index < -0.39 is 5.97 Å². The second-order valence-electron chi connectivity index (χ2n) is 5.71. The molecule has 0 radical (unpaired) electrons. The van der Waals surface area contributed by atoms with Crippen LogP contribution in [0, 0.1) is 5.92 Å². The van der Waals surface area contributed by atoms with Gasteiger partial charge in [-0.15, -0.1) is 0 Å². The second-order valence-corrected chi connectivity index (χ2v) is 5.71. The fraction of sp³-hybridized carbons (Fsp3) is 0.625. The number of carbonyl (C=O) groups is 1. The van der Waals surface area contributed by atoms with E-state index in [9.17, 15) is 4.79 Å². The van der Waals surface area contributed by atoms with Crippen LogP contribution in [0.5, 0.6) is 0 Å². The molecule has 1 saturated carbocycles. The van der Waals surface area contributed by atoms with E-state index >= 15 is 0 Å². The van der Waals surface area contributed by atoms with Crippen LogP contribution in [0.4, 0.5) is 0 Å². The van der Waals surface area contributed by atoms with Crippen LogP contribution in [-0.4, -0.2) is 22.1 Å². The first-order valence-corrected chi connectivity index (χ1v) is 7.61. The zero-order valence-electron chi connectivity index (χ0n) is 12.1. The molecule has 1 aliphatic carbocycles. The van der Waals surface area contributed by atoms with Crippen molar-refractivity contribution >= 4 is 5.97 Å². The predicted molar refractivity (Wildman–Crippen MR) is 78.7 cm³/mol. The average molecular weight is 276 g/mol. The van der Waals surface area contributed by atoms with Crippen molar-refractivity contribution in [3.63, 3.8) is 0 Å². The molecule has 20 heavy (non-hydrogen) atoms. The van der Waals surface area contributed by atoms with Gasteiger partial charge in [-0.3, -0.25) is 0 Å². The van der Waals surface area contributed by atoms with Crippen molar-refractivity contribution in [1.82, 2.24) is 10.3 Å². The van der Waals surface area contributed by atoms with Crippen molar-refractivity contribution in [3.05, 3.63) is 29.6 Å². The van der Waals surface area contributed by atoms with Crippen molar-refractivity contribution in [2.75, 3.05) is 0 Å². The number of aromatic nitrogens is 1. The molecule has 1 aromatic rings. The summed E-state index contributed by atoms with van der Waals surface area (Å²) in [5.41, 5.74) is 0.927. The maximum absolute atomic E-state index is 10.9. The molecule has 0 aromatic carbocycles. The first kappa shape index (κ1) is 15.0. The Labute approximate surface area is 120 Å². The van der Waals surface area contributed by atoms with Crippen LogP contribution in [0.15, 0.2) is 18.2 Å². The van der Waals surface area contributed by atoms with E-state index in [1.807, 2.05) is 6.07 Å². The van der Waals surface area contributed by atoms with Gasteiger partial charge in [-0.1, -0.05) is 25.8 Å². The van der Waals surface area contributed by atoms with Gasteiger partial charge in [-0.2, -0.15) is 0 Å². The number of carboxylic acids is 1. The molecule has 4 nitrogen and oxygen atoms in total. The summed E-state index contributed by atoms with van der Waals surface area (Å²) in [5, 5.41) is 12.4. The second kappa shape index (κ2) is 7.39. The highest BCUT2D eigenvalue weighted by molar-refractivity contribution is 5.85. The zero-order valence-corrected chi connectivity index (χ0v) is 12.1. The Bertz CT molecular complexity index is 440. The van der Waals surface area contributed by atoms with Gasteiger partial charge in [0.2, 0.25) is 0 Å². The van der Waals surface area contributed by atoms with Crippen LogP contribution in [0.25, 0.3) is 0 Å². The third kappa shape index (κ3) is 4.30. The number of hydrogen-bond acceptors (Lipinski definition) is 3. The lowest BCUT2D eigenvalue weighted by molar-refractivity contribution is 0.0690. The van der Waals surface area contributed by atoms with Gasteiger partial charge in [0.25, 0.3) is 0 Å².